The summed E-state index contributed by atoms with van der Waals surface area (Å²) in [5.41, 5.74) is 3.20. The predicted octanol–water partition coefficient (Wildman–Crippen LogP) is 4.79. The van der Waals surface area contributed by atoms with E-state index in [9.17, 15) is 9.59 Å². The summed E-state index contributed by atoms with van der Waals surface area (Å²) in [6, 6.07) is 13.2. The summed E-state index contributed by atoms with van der Waals surface area (Å²) in [7, 11) is 0. The lowest BCUT2D eigenvalue weighted by Crippen LogP contribution is -3.00. The molecule has 0 saturated heterocycles. The second kappa shape index (κ2) is 29.6. The number of nitrogens with zero attached hydrogens (tertiary/aromatic N) is 2. The smallest absolute Gasteiger partial charge is 0.308 e. The van der Waals surface area contributed by atoms with Crippen LogP contribution >= 0.6 is 0 Å². The Morgan fingerprint density at radius 3 is 1.79 bits per heavy atom. The monoisotopic (exact) mass is 789 g/mol. The quantitative estimate of drug-likeness (QED) is 0.0721. The van der Waals surface area contributed by atoms with E-state index in [1.807, 2.05) is 20.8 Å². The van der Waals surface area contributed by atoms with Crippen LogP contribution in [0.3, 0.4) is 0 Å². The number of benzene rings is 1. The van der Waals surface area contributed by atoms with Gasteiger partial charge in [-0.1, -0.05) is 76.7 Å². The molecule has 1 aromatic heterocycles. The number of carbonyl (C=O) groups excluding carboxylic acids is 2. The second-order valence-electron chi connectivity index (χ2n) is 14.0. The van der Waals surface area contributed by atoms with Crippen LogP contribution < -0.4 is 31.8 Å². The summed E-state index contributed by atoms with van der Waals surface area (Å²) in [5, 5.41) is 2.91. The van der Waals surface area contributed by atoms with Gasteiger partial charge in [0.1, 0.15) is 12.1 Å². The van der Waals surface area contributed by atoms with Crippen LogP contribution in [0, 0.1) is 0 Å². The van der Waals surface area contributed by atoms with Gasteiger partial charge in [0.15, 0.2) is 12.4 Å². The average molecular weight is 791 g/mol. The SMILES string of the molecule is CCCCCCN(CCCCCC)c1ccc(/C=C/c2cc[n+](CCCC(=O)NCCOCCOCCOCCC(=O)OC(C)(C)C)cc2)cc1.[Br-]. The number of halogens is 1. The Bertz CT molecular complexity index is 1210. The maximum absolute atomic E-state index is 12.2. The van der Waals surface area contributed by atoms with Crippen LogP contribution in [0.15, 0.2) is 48.8 Å². The molecule has 0 aliphatic heterocycles. The van der Waals surface area contributed by atoms with Crippen molar-refractivity contribution in [2.24, 2.45) is 0 Å². The van der Waals surface area contributed by atoms with Gasteiger partial charge in [0.2, 0.25) is 5.91 Å². The minimum absolute atomic E-state index is 0. The fourth-order valence-corrected chi connectivity index (χ4v) is 5.41. The molecule has 0 unspecified atom stereocenters. The van der Waals surface area contributed by atoms with Gasteiger partial charge in [-0.25, -0.2) is 4.57 Å². The Balaban J connectivity index is 0.0000135. The summed E-state index contributed by atoms with van der Waals surface area (Å²) in [4.78, 5) is 26.4. The molecular weight excluding hydrogens is 722 g/mol. The number of hydrogen-bond donors (Lipinski definition) is 1. The topological polar surface area (TPSA) is 90.2 Å². The Morgan fingerprint density at radius 2 is 1.23 bits per heavy atom. The van der Waals surface area contributed by atoms with E-state index in [-0.39, 0.29) is 35.3 Å². The standard InChI is InChI=1S/C42H67N3O6.BrH/c1-6-8-10-12-27-45(28-13-11-9-7-2)39-20-18-37(19-21-39)16-17-38-22-29-44(30-23-38)26-14-15-40(46)43-25-32-49-34-36-50-35-33-48-31-24-41(47)51-42(3,4)5;/h16-23,29-30H,6-15,24-28,31-36H2,1-5H3;1H. The molecule has 1 N–H and O–H groups in total. The van der Waals surface area contributed by atoms with Crippen LogP contribution in [-0.2, 0) is 35.1 Å². The van der Waals surface area contributed by atoms with Crippen molar-refractivity contribution in [1.29, 1.82) is 0 Å². The Labute approximate surface area is 325 Å². The van der Waals surface area contributed by atoms with E-state index in [2.05, 4.69) is 89.6 Å². The molecule has 0 fully saturated rings. The number of anilines is 1. The minimum Gasteiger partial charge on any atom is -1.00 e. The van der Waals surface area contributed by atoms with E-state index < -0.39 is 5.60 Å². The normalized spacial score (nSPS) is 11.4. The number of amides is 1. The van der Waals surface area contributed by atoms with E-state index in [0.29, 0.717) is 52.6 Å². The van der Waals surface area contributed by atoms with Crippen LogP contribution in [0.25, 0.3) is 12.2 Å². The van der Waals surface area contributed by atoms with Gasteiger partial charge in [0.25, 0.3) is 0 Å². The summed E-state index contributed by atoms with van der Waals surface area (Å²) < 4.78 is 23.7. The minimum atomic E-state index is -0.479. The van der Waals surface area contributed by atoms with Gasteiger partial charge >= 0.3 is 5.97 Å². The van der Waals surface area contributed by atoms with Crippen molar-refractivity contribution in [2.45, 2.75) is 117 Å². The molecule has 0 saturated carbocycles. The number of ether oxygens (including phenoxy) is 4. The van der Waals surface area contributed by atoms with Crippen molar-refractivity contribution in [3.05, 3.63) is 59.9 Å². The van der Waals surface area contributed by atoms with Gasteiger partial charge in [-0.2, -0.15) is 0 Å². The van der Waals surface area contributed by atoms with Gasteiger partial charge in [0.05, 0.1) is 46.1 Å². The summed E-state index contributed by atoms with van der Waals surface area (Å²) >= 11 is 0. The van der Waals surface area contributed by atoms with E-state index in [1.54, 1.807) is 0 Å². The molecule has 1 aromatic carbocycles. The number of rotatable bonds is 29. The molecule has 0 radical (unpaired) electrons. The van der Waals surface area contributed by atoms with Gasteiger partial charge in [-0.3, -0.25) is 9.59 Å². The molecule has 10 heteroatoms. The Morgan fingerprint density at radius 1 is 0.692 bits per heavy atom. The van der Waals surface area contributed by atoms with Crippen LogP contribution in [0.5, 0.6) is 0 Å². The average Bonchev–Trinajstić information content (AvgIpc) is 3.10. The first-order valence-electron chi connectivity index (χ1n) is 19.4. The highest BCUT2D eigenvalue weighted by molar-refractivity contribution is 5.75. The van der Waals surface area contributed by atoms with Crippen molar-refractivity contribution in [3.63, 3.8) is 0 Å². The Hall–Kier alpha value is -2.79. The molecule has 1 heterocycles. The third-order valence-electron chi connectivity index (χ3n) is 8.21. The molecule has 52 heavy (non-hydrogen) atoms. The van der Waals surface area contributed by atoms with Crippen LogP contribution in [0.2, 0.25) is 0 Å². The highest BCUT2D eigenvalue weighted by Crippen LogP contribution is 2.19. The number of aromatic nitrogens is 1. The van der Waals surface area contributed by atoms with Gasteiger partial charge < -0.3 is 46.1 Å². The lowest BCUT2D eigenvalue weighted by Gasteiger charge is -2.25. The summed E-state index contributed by atoms with van der Waals surface area (Å²) in [5.74, 6) is -0.238. The Kier molecular flexibility index (Phi) is 26.9. The number of hydrogen-bond acceptors (Lipinski definition) is 7. The summed E-state index contributed by atoms with van der Waals surface area (Å²) in [6.07, 6.45) is 20.3. The molecule has 2 rings (SSSR count). The zero-order valence-corrected chi connectivity index (χ0v) is 34.4. The van der Waals surface area contributed by atoms with Crippen LogP contribution in [0.4, 0.5) is 5.69 Å². The fourth-order valence-electron chi connectivity index (χ4n) is 5.41. The third-order valence-corrected chi connectivity index (χ3v) is 8.21. The van der Waals surface area contributed by atoms with Gasteiger partial charge in [0, 0.05) is 50.3 Å². The molecule has 0 aliphatic rings. The second-order valence-corrected chi connectivity index (χ2v) is 14.0. The van der Waals surface area contributed by atoms with Crippen molar-refractivity contribution in [1.82, 2.24) is 5.32 Å². The molecular formula is C42H68BrN3O6. The molecule has 0 bridgehead atoms. The van der Waals surface area contributed by atoms with Crippen LogP contribution in [-0.4, -0.2) is 76.8 Å². The lowest BCUT2D eigenvalue weighted by atomic mass is 10.1. The summed E-state index contributed by atoms with van der Waals surface area (Å²) in [6.45, 7) is 16.1. The lowest BCUT2D eigenvalue weighted by molar-refractivity contribution is -0.697. The van der Waals surface area contributed by atoms with Gasteiger partial charge in [-0.05, 0) is 56.9 Å². The maximum atomic E-state index is 12.2. The van der Waals surface area contributed by atoms with Crippen molar-refractivity contribution >= 4 is 29.7 Å². The zero-order chi connectivity index (χ0) is 37.0. The highest BCUT2D eigenvalue weighted by atomic mass is 79.9. The van der Waals surface area contributed by atoms with Crippen LogP contribution in [0.1, 0.15) is 116 Å². The molecule has 1 amide bonds. The number of unbranched alkanes of at least 4 members (excludes halogenated alkanes) is 6. The number of carbonyl (C=O) groups is 2. The molecule has 0 atom stereocenters. The van der Waals surface area contributed by atoms with Crippen molar-refractivity contribution in [2.75, 3.05) is 64.2 Å². The van der Waals surface area contributed by atoms with Crippen molar-refractivity contribution in [3.8, 4) is 0 Å². The van der Waals surface area contributed by atoms with E-state index in [1.165, 1.54) is 62.6 Å². The first-order valence-corrected chi connectivity index (χ1v) is 19.4. The largest absolute Gasteiger partial charge is 1.00 e. The maximum Gasteiger partial charge on any atom is 0.308 e. The highest BCUT2D eigenvalue weighted by Gasteiger charge is 2.15. The number of pyridine rings is 1. The zero-order valence-electron chi connectivity index (χ0n) is 32.8. The number of nitrogens with one attached hydrogen (secondary N) is 1. The first-order chi connectivity index (χ1) is 24.7. The number of aryl methyl sites for hydroxylation is 1. The van der Waals surface area contributed by atoms with E-state index in [4.69, 9.17) is 18.9 Å². The van der Waals surface area contributed by atoms with E-state index >= 15 is 0 Å². The number of esters is 1. The molecule has 0 spiro atoms. The molecule has 294 valence electrons. The predicted molar refractivity (Wildman–Crippen MR) is 208 cm³/mol. The van der Waals surface area contributed by atoms with Gasteiger partial charge in [-0.15, -0.1) is 0 Å². The van der Waals surface area contributed by atoms with E-state index in [0.717, 1.165) is 31.6 Å². The molecule has 9 nitrogen and oxygen atoms in total. The fraction of sp³-hybridized carbons (Fsp3) is 0.643. The molecule has 2 aromatic rings. The third kappa shape index (κ3) is 24.5. The first kappa shape index (κ1) is 47.2. The molecule has 0 aliphatic carbocycles. The van der Waals surface area contributed by atoms with Crippen molar-refractivity contribution < 1.29 is 50.1 Å².